The van der Waals surface area contributed by atoms with E-state index in [4.69, 9.17) is 14.2 Å². The normalized spacial score (nSPS) is 12.0. The highest BCUT2D eigenvalue weighted by atomic mass is 16.6. The van der Waals surface area contributed by atoms with Gasteiger partial charge in [0.1, 0.15) is 28.9 Å². The van der Waals surface area contributed by atoms with Crippen LogP contribution in [0.4, 0.5) is 4.79 Å². The molecule has 2 aromatic carbocycles. The molecule has 0 heterocycles. The zero-order chi connectivity index (χ0) is 20.7. The van der Waals surface area contributed by atoms with Gasteiger partial charge in [0, 0.05) is 6.42 Å². The zero-order valence-corrected chi connectivity index (χ0v) is 16.4. The number of hydrogen-bond acceptors (Lipinski definition) is 5. The molecule has 0 aliphatic heterocycles. The van der Waals surface area contributed by atoms with Crippen molar-refractivity contribution in [2.75, 3.05) is 7.11 Å². The predicted molar refractivity (Wildman–Crippen MR) is 104 cm³/mol. The molecule has 0 radical (unpaired) electrons. The molecule has 0 saturated heterocycles. The van der Waals surface area contributed by atoms with Crippen LogP contribution >= 0.6 is 0 Å². The fourth-order valence-electron chi connectivity index (χ4n) is 2.36. The standard InChI is InChI=1S/C21H25NO6/c1-21(2,3)28-20(25)22-18(19(23)24)13-14-5-7-16(8-6-14)27-17-11-9-15(26-4)10-12-17/h5-12,18H,13H2,1-4H3,(H,22,25)(H,23,24). The van der Waals surface area contributed by atoms with Crippen molar-refractivity contribution in [1.29, 1.82) is 0 Å². The molecule has 0 aliphatic rings. The van der Waals surface area contributed by atoms with Crippen LogP contribution in [0.3, 0.4) is 0 Å². The second-order valence-electron chi connectivity index (χ2n) is 7.16. The summed E-state index contributed by atoms with van der Waals surface area (Å²) in [5.74, 6) is 0.869. The SMILES string of the molecule is COc1ccc(Oc2ccc(CC(NC(=O)OC(C)(C)C)C(=O)O)cc2)cc1. The van der Waals surface area contributed by atoms with Crippen molar-refractivity contribution in [3.05, 3.63) is 54.1 Å². The molecule has 0 bridgehead atoms. The maximum Gasteiger partial charge on any atom is 0.408 e. The number of benzene rings is 2. The monoisotopic (exact) mass is 387 g/mol. The number of methoxy groups -OCH3 is 1. The number of amides is 1. The van der Waals surface area contributed by atoms with E-state index in [2.05, 4.69) is 5.32 Å². The smallest absolute Gasteiger partial charge is 0.408 e. The van der Waals surface area contributed by atoms with E-state index in [-0.39, 0.29) is 6.42 Å². The number of rotatable bonds is 7. The molecule has 0 aliphatic carbocycles. The van der Waals surface area contributed by atoms with Crippen LogP contribution < -0.4 is 14.8 Å². The van der Waals surface area contributed by atoms with E-state index < -0.39 is 23.7 Å². The van der Waals surface area contributed by atoms with Crippen molar-refractivity contribution in [3.63, 3.8) is 0 Å². The highest BCUT2D eigenvalue weighted by Gasteiger charge is 2.24. The summed E-state index contributed by atoms with van der Waals surface area (Å²) in [6, 6.07) is 13.1. The van der Waals surface area contributed by atoms with Crippen molar-refractivity contribution in [3.8, 4) is 17.2 Å². The fourth-order valence-corrected chi connectivity index (χ4v) is 2.36. The van der Waals surface area contributed by atoms with Crippen LogP contribution in [-0.4, -0.2) is 35.9 Å². The van der Waals surface area contributed by atoms with Crippen LogP contribution in [0.2, 0.25) is 0 Å². The number of carboxylic acid groups (broad SMARTS) is 1. The van der Waals surface area contributed by atoms with E-state index in [1.807, 2.05) is 0 Å². The summed E-state index contributed by atoms with van der Waals surface area (Å²) < 4.78 is 16.0. The second kappa shape index (κ2) is 9.12. The van der Waals surface area contributed by atoms with Crippen LogP contribution in [0.1, 0.15) is 26.3 Å². The van der Waals surface area contributed by atoms with Crippen LogP contribution in [0.5, 0.6) is 17.2 Å². The van der Waals surface area contributed by atoms with Crippen LogP contribution in [0.15, 0.2) is 48.5 Å². The summed E-state index contributed by atoms with van der Waals surface area (Å²) in [4.78, 5) is 23.3. The van der Waals surface area contributed by atoms with Crippen LogP contribution in [0, 0.1) is 0 Å². The summed E-state index contributed by atoms with van der Waals surface area (Å²) in [5.41, 5.74) is 0.0404. The third-order valence-corrected chi connectivity index (χ3v) is 3.65. The first-order valence-corrected chi connectivity index (χ1v) is 8.79. The first-order valence-electron chi connectivity index (χ1n) is 8.79. The van der Waals surface area contributed by atoms with E-state index in [0.29, 0.717) is 11.5 Å². The summed E-state index contributed by atoms with van der Waals surface area (Å²) in [6.07, 6.45) is -0.642. The Labute approximate surface area is 164 Å². The Morgan fingerprint density at radius 2 is 1.46 bits per heavy atom. The maximum atomic E-state index is 11.8. The Hall–Kier alpha value is -3.22. The molecule has 1 amide bonds. The van der Waals surface area contributed by atoms with Crippen molar-refractivity contribution >= 4 is 12.1 Å². The largest absolute Gasteiger partial charge is 0.497 e. The zero-order valence-electron chi connectivity index (χ0n) is 16.4. The van der Waals surface area contributed by atoms with Gasteiger partial charge in [-0.15, -0.1) is 0 Å². The molecule has 150 valence electrons. The quantitative estimate of drug-likeness (QED) is 0.746. The molecular weight excluding hydrogens is 362 g/mol. The van der Waals surface area contributed by atoms with Gasteiger partial charge in [0.15, 0.2) is 0 Å². The van der Waals surface area contributed by atoms with Crippen LogP contribution in [0.25, 0.3) is 0 Å². The number of aliphatic carboxylic acids is 1. The van der Waals surface area contributed by atoms with Gasteiger partial charge < -0.3 is 24.6 Å². The molecule has 1 atom stereocenters. The van der Waals surface area contributed by atoms with Gasteiger partial charge in [-0.05, 0) is 62.7 Å². The van der Waals surface area contributed by atoms with E-state index in [0.717, 1.165) is 11.3 Å². The Bertz CT molecular complexity index is 793. The number of carbonyl (C=O) groups is 2. The number of carbonyl (C=O) groups excluding carboxylic acids is 1. The van der Waals surface area contributed by atoms with Crippen molar-refractivity contribution in [1.82, 2.24) is 5.32 Å². The highest BCUT2D eigenvalue weighted by molar-refractivity contribution is 5.80. The maximum absolute atomic E-state index is 11.8. The number of carboxylic acids is 1. The van der Waals surface area contributed by atoms with Gasteiger partial charge in [-0.2, -0.15) is 0 Å². The van der Waals surface area contributed by atoms with Crippen molar-refractivity contribution in [2.45, 2.75) is 38.8 Å². The molecule has 0 fully saturated rings. The average molecular weight is 387 g/mol. The Morgan fingerprint density at radius 3 is 1.93 bits per heavy atom. The third kappa shape index (κ3) is 6.83. The minimum Gasteiger partial charge on any atom is -0.497 e. The number of alkyl carbamates (subject to hydrolysis) is 1. The summed E-state index contributed by atoms with van der Waals surface area (Å²) in [6.45, 7) is 5.14. The summed E-state index contributed by atoms with van der Waals surface area (Å²) >= 11 is 0. The summed E-state index contributed by atoms with van der Waals surface area (Å²) in [7, 11) is 1.59. The van der Waals surface area contributed by atoms with E-state index >= 15 is 0 Å². The molecule has 0 saturated carbocycles. The lowest BCUT2D eigenvalue weighted by molar-refractivity contribution is -0.139. The van der Waals surface area contributed by atoms with E-state index in [9.17, 15) is 14.7 Å². The fraction of sp³-hybridized carbons (Fsp3) is 0.333. The lowest BCUT2D eigenvalue weighted by Crippen LogP contribution is -2.44. The molecule has 2 N–H and O–H groups in total. The van der Waals surface area contributed by atoms with Gasteiger partial charge in [0.05, 0.1) is 7.11 Å². The molecular formula is C21H25NO6. The number of hydrogen-bond donors (Lipinski definition) is 2. The Morgan fingerprint density at radius 1 is 0.964 bits per heavy atom. The molecule has 28 heavy (non-hydrogen) atoms. The lowest BCUT2D eigenvalue weighted by Gasteiger charge is -2.22. The van der Waals surface area contributed by atoms with Gasteiger partial charge in [-0.25, -0.2) is 9.59 Å². The Balaban J connectivity index is 1.98. The third-order valence-electron chi connectivity index (χ3n) is 3.65. The molecule has 2 rings (SSSR count). The van der Waals surface area contributed by atoms with Crippen LogP contribution in [-0.2, 0) is 16.0 Å². The number of nitrogens with one attached hydrogen (secondary N) is 1. The van der Waals surface area contributed by atoms with Gasteiger partial charge in [-0.3, -0.25) is 0 Å². The van der Waals surface area contributed by atoms with Gasteiger partial charge in [-0.1, -0.05) is 12.1 Å². The molecule has 2 aromatic rings. The lowest BCUT2D eigenvalue weighted by atomic mass is 10.1. The van der Waals surface area contributed by atoms with Gasteiger partial charge in [0.25, 0.3) is 0 Å². The highest BCUT2D eigenvalue weighted by Crippen LogP contribution is 2.24. The molecule has 0 spiro atoms. The van der Waals surface area contributed by atoms with Crippen molar-refractivity contribution < 1.29 is 28.9 Å². The molecule has 7 nitrogen and oxygen atoms in total. The minimum atomic E-state index is -1.13. The molecule has 7 heteroatoms. The first-order chi connectivity index (χ1) is 13.2. The van der Waals surface area contributed by atoms with E-state index in [1.54, 1.807) is 76.4 Å². The topological polar surface area (TPSA) is 94.1 Å². The minimum absolute atomic E-state index is 0.122. The van der Waals surface area contributed by atoms with Crippen molar-refractivity contribution in [2.24, 2.45) is 0 Å². The number of ether oxygens (including phenoxy) is 3. The Kier molecular flexibility index (Phi) is 6.87. The summed E-state index contributed by atoms with van der Waals surface area (Å²) in [5, 5.41) is 11.8. The first kappa shape index (κ1) is 21.1. The second-order valence-corrected chi connectivity index (χ2v) is 7.16. The molecule has 1 unspecified atom stereocenters. The van der Waals surface area contributed by atoms with Gasteiger partial charge >= 0.3 is 12.1 Å². The predicted octanol–water partition coefficient (Wildman–Crippen LogP) is 4.01. The van der Waals surface area contributed by atoms with Gasteiger partial charge in [0.2, 0.25) is 0 Å². The average Bonchev–Trinajstić information content (AvgIpc) is 2.61. The van der Waals surface area contributed by atoms with E-state index in [1.165, 1.54) is 0 Å². The molecule has 0 aromatic heterocycles.